The minimum Gasteiger partial charge on any atom is -0.494 e. The second-order valence-electron chi connectivity index (χ2n) is 6.93. The maximum Gasteiger partial charge on any atom is 0.227 e. The maximum atomic E-state index is 12.7. The molecule has 4 rings (SSSR count). The lowest BCUT2D eigenvalue weighted by molar-refractivity contribution is -0.130. The predicted molar refractivity (Wildman–Crippen MR) is 116 cm³/mol. The highest BCUT2D eigenvalue weighted by molar-refractivity contribution is 7.22. The number of hydrogen-bond donors (Lipinski definition) is 0. The molecule has 0 atom stereocenters. The fourth-order valence-corrected chi connectivity index (χ4v) is 4.55. The van der Waals surface area contributed by atoms with Crippen molar-refractivity contribution in [2.45, 2.75) is 13.3 Å². The Hall–Kier alpha value is -2.80. The molecule has 6 nitrogen and oxygen atoms in total. The maximum absolute atomic E-state index is 12.7. The first-order valence-electron chi connectivity index (χ1n) is 9.86. The summed E-state index contributed by atoms with van der Waals surface area (Å²) < 4.78 is 12.0. The van der Waals surface area contributed by atoms with Crippen LogP contribution in [-0.2, 0) is 11.2 Å². The molecule has 2 aromatic carbocycles. The molecule has 1 saturated heterocycles. The number of anilines is 1. The van der Waals surface area contributed by atoms with Gasteiger partial charge in [0.15, 0.2) is 5.13 Å². The molecule has 2 heterocycles. The van der Waals surface area contributed by atoms with E-state index in [2.05, 4.69) is 11.0 Å². The topological polar surface area (TPSA) is 54.9 Å². The fourth-order valence-electron chi connectivity index (χ4n) is 3.52. The minimum absolute atomic E-state index is 0.166. The van der Waals surface area contributed by atoms with Gasteiger partial charge >= 0.3 is 0 Å². The number of benzene rings is 2. The molecule has 0 N–H and O–H groups in total. The number of ether oxygens (including phenoxy) is 2. The number of carbonyl (C=O) groups is 1. The van der Waals surface area contributed by atoms with E-state index in [0.29, 0.717) is 26.1 Å². The van der Waals surface area contributed by atoms with E-state index in [4.69, 9.17) is 14.5 Å². The van der Waals surface area contributed by atoms with Gasteiger partial charge in [-0.2, -0.15) is 0 Å². The molecule has 152 valence electrons. The number of nitrogens with zero attached hydrogens (tertiary/aromatic N) is 3. The smallest absolute Gasteiger partial charge is 0.227 e. The van der Waals surface area contributed by atoms with E-state index in [1.807, 2.05) is 48.2 Å². The van der Waals surface area contributed by atoms with Crippen molar-refractivity contribution in [3.8, 4) is 11.5 Å². The van der Waals surface area contributed by atoms with Crippen LogP contribution in [0, 0.1) is 0 Å². The van der Waals surface area contributed by atoms with Crippen molar-refractivity contribution in [3.05, 3.63) is 48.0 Å². The van der Waals surface area contributed by atoms with Crippen molar-refractivity contribution in [2.75, 3.05) is 44.8 Å². The standard InChI is InChI=1S/C22H25N3O3S/c1-3-28-17-9-7-16(8-10-17)15-20(26)24-11-13-25(14-12-24)22-23-21-18(27-2)5-4-6-19(21)29-22/h4-10H,3,11-15H2,1-2H3. The lowest BCUT2D eigenvalue weighted by Crippen LogP contribution is -2.49. The number of hydrogen-bond acceptors (Lipinski definition) is 6. The molecule has 3 aromatic rings. The molecule has 0 saturated carbocycles. The van der Waals surface area contributed by atoms with Gasteiger partial charge < -0.3 is 19.3 Å². The third kappa shape index (κ3) is 4.29. The predicted octanol–water partition coefficient (Wildman–Crippen LogP) is 3.59. The number of piperazine rings is 1. The van der Waals surface area contributed by atoms with Crippen LogP contribution < -0.4 is 14.4 Å². The van der Waals surface area contributed by atoms with Gasteiger partial charge in [0.2, 0.25) is 5.91 Å². The number of aromatic nitrogens is 1. The van der Waals surface area contributed by atoms with Crippen LogP contribution >= 0.6 is 11.3 Å². The van der Waals surface area contributed by atoms with Crippen molar-refractivity contribution >= 4 is 32.6 Å². The van der Waals surface area contributed by atoms with Crippen LogP contribution in [-0.4, -0.2) is 55.7 Å². The van der Waals surface area contributed by atoms with E-state index < -0.39 is 0 Å². The number of rotatable bonds is 6. The molecule has 7 heteroatoms. The molecule has 0 unspecified atom stereocenters. The third-order valence-corrected chi connectivity index (χ3v) is 6.16. The van der Waals surface area contributed by atoms with Gasteiger partial charge in [0.1, 0.15) is 17.0 Å². The molecule has 1 aliphatic heterocycles. The Morgan fingerprint density at radius 1 is 1.10 bits per heavy atom. The summed E-state index contributed by atoms with van der Waals surface area (Å²) in [5, 5.41) is 0.989. The normalized spacial score (nSPS) is 14.3. The SMILES string of the molecule is CCOc1ccc(CC(=O)N2CCN(c3nc4c(OC)cccc4s3)CC2)cc1. The first kappa shape index (κ1) is 19.5. The molecule has 1 aromatic heterocycles. The van der Waals surface area contributed by atoms with Crippen molar-refractivity contribution < 1.29 is 14.3 Å². The number of methoxy groups -OCH3 is 1. The zero-order chi connectivity index (χ0) is 20.2. The summed E-state index contributed by atoms with van der Waals surface area (Å²) in [6, 6.07) is 13.8. The lowest BCUT2D eigenvalue weighted by atomic mass is 10.1. The summed E-state index contributed by atoms with van der Waals surface area (Å²) in [4.78, 5) is 21.7. The molecule has 0 bridgehead atoms. The highest BCUT2D eigenvalue weighted by atomic mass is 32.1. The number of carbonyl (C=O) groups excluding carboxylic acids is 1. The van der Waals surface area contributed by atoms with Crippen molar-refractivity contribution in [1.82, 2.24) is 9.88 Å². The van der Waals surface area contributed by atoms with Gasteiger partial charge in [-0.3, -0.25) is 4.79 Å². The number of amides is 1. The van der Waals surface area contributed by atoms with E-state index in [9.17, 15) is 4.79 Å². The zero-order valence-electron chi connectivity index (χ0n) is 16.8. The number of thiazole rings is 1. The first-order chi connectivity index (χ1) is 14.2. The first-order valence-corrected chi connectivity index (χ1v) is 10.7. The molecule has 1 amide bonds. The van der Waals surface area contributed by atoms with Crippen LogP contribution in [0.3, 0.4) is 0 Å². The van der Waals surface area contributed by atoms with E-state index in [0.717, 1.165) is 45.5 Å². The van der Waals surface area contributed by atoms with Gasteiger partial charge in [-0.25, -0.2) is 4.98 Å². The minimum atomic E-state index is 0.166. The van der Waals surface area contributed by atoms with Crippen molar-refractivity contribution in [1.29, 1.82) is 0 Å². The summed E-state index contributed by atoms with van der Waals surface area (Å²) in [7, 11) is 1.67. The summed E-state index contributed by atoms with van der Waals surface area (Å²) in [6.45, 7) is 5.60. The fraction of sp³-hybridized carbons (Fsp3) is 0.364. The Morgan fingerprint density at radius 2 is 1.86 bits per heavy atom. The van der Waals surface area contributed by atoms with Crippen LogP contribution in [0.25, 0.3) is 10.2 Å². The van der Waals surface area contributed by atoms with Crippen LogP contribution in [0.2, 0.25) is 0 Å². The molecule has 1 aliphatic rings. The summed E-state index contributed by atoms with van der Waals surface area (Å²) in [5.41, 5.74) is 1.92. The summed E-state index contributed by atoms with van der Waals surface area (Å²) >= 11 is 1.67. The van der Waals surface area contributed by atoms with Crippen LogP contribution in [0.5, 0.6) is 11.5 Å². The Kier molecular flexibility index (Phi) is 5.85. The van der Waals surface area contributed by atoms with Crippen LogP contribution in [0.4, 0.5) is 5.13 Å². The number of fused-ring (bicyclic) bond motifs is 1. The average Bonchev–Trinajstić information content (AvgIpc) is 3.20. The molecule has 0 radical (unpaired) electrons. The molecule has 29 heavy (non-hydrogen) atoms. The quantitative estimate of drug-likeness (QED) is 0.620. The average molecular weight is 412 g/mol. The van der Waals surface area contributed by atoms with Gasteiger partial charge in [0, 0.05) is 26.2 Å². The van der Waals surface area contributed by atoms with E-state index in [-0.39, 0.29) is 5.91 Å². The van der Waals surface area contributed by atoms with Crippen LogP contribution in [0.1, 0.15) is 12.5 Å². The van der Waals surface area contributed by atoms with Gasteiger partial charge in [0.05, 0.1) is 24.8 Å². The van der Waals surface area contributed by atoms with Gasteiger partial charge in [-0.1, -0.05) is 29.5 Å². The molecule has 1 fully saturated rings. The van der Waals surface area contributed by atoms with Crippen LogP contribution in [0.15, 0.2) is 42.5 Å². The largest absolute Gasteiger partial charge is 0.494 e. The summed E-state index contributed by atoms with van der Waals surface area (Å²) in [6.07, 6.45) is 0.421. The highest BCUT2D eigenvalue weighted by Crippen LogP contribution is 2.34. The zero-order valence-corrected chi connectivity index (χ0v) is 17.6. The molecular formula is C22H25N3O3S. The summed E-state index contributed by atoms with van der Waals surface area (Å²) in [5.74, 6) is 1.80. The second-order valence-corrected chi connectivity index (χ2v) is 7.93. The number of para-hydroxylation sites is 1. The Balaban J connectivity index is 1.36. The van der Waals surface area contributed by atoms with Crippen molar-refractivity contribution in [2.24, 2.45) is 0 Å². The Morgan fingerprint density at radius 3 is 2.55 bits per heavy atom. The Bertz CT molecular complexity index is 979. The van der Waals surface area contributed by atoms with E-state index in [1.54, 1.807) is 18.4 Å². The van der Waals surface area contributed by atoms with Crippen molar-refractivity contribution in [3.63, 3.8) is 0 Å². The molecule has 0 spiro atoms. The third-order valence-electron chi connectivity index (χ3n) is 5.08. The Labute approximate surface area is 174 Å². The van der Waals surface area contributed by atoms with Gasteiger partial charge in [0.25, 0.3) is 0 Å². The van der Waals surface area contributed by atoms with Gasteiger partial charge in [-0.15, -0.1) is 0 Å². The molecule has 0 aliphatic carbocycles. The second kappa shape index (κ2) is 8.69. The lowest BCUT2D eigenvalue weighted by Gasteiger charge is -2.34. The van der Waals surface area contributed by atoms with E-state index >= 15 is 0 Å². The monoisotopic (exact) mass is 411 g/mol. The highest BCUT2D eigenvalue weighted by Gasteiger charge is 2.23. The van der Waals surface area contributed by atoms with Gasteiger partial charge in [-0.05, 0) is 36.8 Å². The molecular weight excluding hydrogens is 386 g/mol. The van der Waals surface area contributed by atoms with E-state index in [1.165, 1.54) is 0 Å².